The van der Waals surface area contributed by atoms with Crippen molar-refractivity contribution in [2.75, 3.05) is 20.2 Å². The molecule has 1 unspecified atom stereocenters. The zero-order valence-corrected chi connectivity index (χ0v) is 14.7. The lowest BCUT2D eigenvalue weighted by molar-refractivity contribution is -0.146. The van der Waals surface area contributed by atoms with E-state index in [-0.39, 0.29) is 17.8 Å². The predicted molar refractivity (Wildman–Crippen MR) is 89.9 cm³/mol. The Balaban J connectivity index is 2.59. The minimum atomic E-state index is -0.288. The van der Waals surface area contributed by atoms with Crippen LogP contribution in [-0.4, -0.2) is 37.0 Å². The number of nitrogens with zero attached hydrogens (tertiary/aromatic N) is 1. The average molecular weight is 325 g/mol. The topological polar surface area (TPSA) is 46.6 Å². The number of thiophene rings is 1. The van der Waals surface area contributed by atoms with Gasteiger partial charge in [0, 0.05) is 18.0 Å². The normalized spacial score (nSPS) is 12.0. The highest BCUT2D eigenvalue weighted by Gasteiger charge is 2.21. The molecule has 0 aromatic carbocycles. The first-order chi connectivity index (χ1) is 10.6. The lowest BCUT2D eigenvalue weighted by Gasteiger charge is -2.25. The van der Waals surface area contributed by atoms with E-state index in [2.05, 4.69) is 6.92 Å². The molecule has 5 heteroatoms. The second-order valence-corrected chi connectivity index (χ2v) is 6.61. The van der Waals surface area contributed by atoms with Crippen molar-refractivity contribution in [1.82, 2.24) is 4.90 Å². The zero-order valence-electron chi connectivity index (χ0n) is 13.8. The molecule has 1 aromatic rings. The minimum Gasteiger partial charge on any atom is -0.469 e. The lowest BCUT2D eigenvalue weighted by Crippen LogP contribution is -2.38. The van der Waals surface area contributed by atoms with Gasteiger partial charge in [0.25, 0.3) is 0 Å². The van der Waals surface area contributed by atoms with E-state index in [9.17, 15) is 9.59 Å². The number of ether oxygens (including phenoxy) is 1. The molecule has 4 nitrogen and oxygen atoms in total. The van der Waals surface area contributed by atoms with Gasteiger partial charge in [0.2, 0.25) is 5.91 Å². The summed E-state index contributed by atoms with van der Waals surface area (Å²) in [7, 11) is 1.39. The van der Waals surface area contributed by atoms with Gasteiger partial charge < -0.3 is 9.64 Å². The Morgan fingerprint density at radius 2 is 2.09 bits per heavy atom. The van der Waals surface area contributed by atoms with Gasteiger partial charge in [-0.3, -0.25) is 9.59 Å². The molecule has 1 aromatic heterocycles. The van der Waals surface area contributed by atoms with Crippen molar-refractivity contribution in [1.29, 1.82) is 0 Å². The van der Waals surface area contributed by atoms with Gasteiger partial charge in [0.05, 0.1) is 19.4 Å². The number of hydrogen-bond acceptors (Lipinski definition) is 4. The number of rotatable bonds is 10. The molecule has 0 aliphatic carbocycles. The van der Waals surface area contributed by atoms with Gasteiger partial charge >= 0.3 is 5.97 Å². The Labute approximate surface area is 137 Å². The van der Waals surface area contributed by atoms with Crippen LogP contribution in [0.2, 0.25) is 0 Å². The van der Waals surface area contributed by atoms with Gasteiger partial charge in [0.1, 0.15) is 0 Å². The van der Waals surface area contributed by atoms with E-state index >= 15 is 0 Å². The molecule has 22 heavy (non-hydrogen) atoms. The van der Waals surface area contributed by atoms with Gasteiger partial charge in [-0.1, -0.05) is 39.2 Å². The molecular formula is C17H27NO3S. The van der Waals surface area contributed by atoms with Crippen molar-refractivity contribution < 1.29 is 14.3 Å². The SMILES string of the molecule is CCCCCCN(CC(C)C(=O)OC)C(=O)Cc1cccs1. The molecule has 0 saturated carbocycles. The maximum Gasteiger partial charge on any atom is 0.310 e. The van der Waals surface area contributed by atoms with Gasteiger partial charge in [-0.05, 0) is 17.9 Å². The molecule has 1 amide bonds. The van der Waals surface area contributed by atoms with Crippen LogP contribution in [0, 0.1) is 5.92 Å². The second kappa shape index (κ2) is 10.4. The molecule has 124 valence electrons. The Morgan fingerprint density at radius 1 is 1.32 bits per heavy atom. The molecule has 1 heterocycles. The molecule has 0 radical (unpaired) electrons. The third-order valence-electron chi connectivity index (χ3n) is 3.64. The molecule has 1 rings (SSSR count). The number of esters is 1. The van der Waals surface area contributed by atoms with Gasteiger partial charge in [0.15, 0.2) is 0 Å². The molecular weight excluding hydrogens is 298 g/mol. The smallest absolute Gasteiger partial charge is 0.310 e. The maximum absolute atomic E-state index is 12.5. The van der Waals surface area contributed by atoms with Gasteiger partial charge in [-0.15, -0.1) is 11.3 Å². The summed E-state index contributed by atoms with van der Waals surface area (Å²) in [6.45, 7) is 5.12. The summed E-state index contributed by atoms with van der Waals surface area (Å²) in [6.07, 6.45) is 4.87. The van der Waals surface area contributed by atoms with Crippen LogP contribution in [0.25, 0.3) is 0 Å². The Kier molecular flexibility index (Phi) is 8.82. The van der Waals surface area contributed by atoms with E-state index in [1.54, 1.807) is 11.3 Å². The number of carbonyl (C=O) groups is 2. The standard InChI is InChI=1S/C17H27NO3S/c1-4-5-6-7-10-18(13-14(2)17(20)21-3)16(19)12-15-9-8-11-22-15/h8-9,11,14H,4-7,10,12-13H2,1-3H3. The largest absolute Gasteiger partial charge is 0.469 e. The molecule has 0 aliphatic rings. The van der Waals surface area contributed by atoms with Crippen molar-refractivity contribution in [3.63, 3.8) is 0 Å². The lowest BCUT2D eigenvalue weighted by atomic mass is 10.1. The van der Waals surface area contributed by atoms with E-state index in [4.69, 9.17) is 4.74 Å². The van der Waals surface area contributed by atoms with Crippen molar-refractivity contribution in [2.24, 2.45) is 5.92 Å². The van der Waals surface area contributed by atoms with E-state index in [0.29, 0.717) is 19.5 Å². The quantitative estimate of drug-likeness (QED) is 0.488. The summed E-state index contributed by atoms with van der Waals surface area (Å²) < 4.78 is 4.77. The van der Waals surface area contributed by atoms with Crippen LogP contribution >= 0.6 is 11.3 Å². The molecule has 0 N–H and O–H groups in total. The second-order valence-electron chi connectivity index (χ2n) is 5.58. The molecule has 0 bridgehead atoms. The van der Waals surface area contributed by atoms with Crippen LogP contribution < -0.4 is 0 Å². The molecule has 1 atom stereocenters. The zero-order chi connectivity index (χ0) is 16.4. The Bertz CT molecular complexity index is 445. The number of carbonyl (C=O) groups excluding carboxylic acids is 2. The number of hydrogen-bond donors (Lipinski definition) is 0. The van der Waals surface area contributed by atoms with Crippen molar-refractivity contribution in [3.05, 3.63) is 22.4 Å². The first kappa shape index (κ1) is 18.7. The summed E-state index contributed by atoms with van der Waals surface area (Å²) in [5.41, 5.74) is 0. The summed E-state index contributed by atoms with van der Waals surface area (Å²) >= 11 is 1.59. The van der Waals surface area contributed by atoms with Gasteiger partial charge in [-0.25, -0.2) is 0 Å². The molecule has 0 saturated heterocycles. The number of amides is 1. The van der Waals surface area contributed by atoms with Crippen LogP contribution in [-0.2, 0) is 20.7 Å². The fourth-order valence-electron chi connectivity index (χ4n) is 2.33. The summed E-state index contributed by atoms with van der Waals surface area (Å²) in [6, 6.07) is 3.93. The molecule has 0 spiro atoms. The van der Waals surface area contributed by atoms with E-state index in [0.717, 1.165) is 17.7 Å². The minimum absolute atomic E-state index is 0.0923. The van der Waals surface area contributed by atoms with Crippen LogP contribution in [0.15, 0.2) is 17.5 Å². The van der Waals surface area contributed by atoms with E-state index in [1.807, 2.05) is 29.3 Å². The highest BCUT2D eigenvalue weighted by Crippen LogP contribution is 2.13. The predicted octanol–water partition coefficient (Wildman–Crippen LogP) is 3.51. The third-order valence-corrected chi connectivity index (χ3v) is 4.51. The van der Waals surface area contributed by atoms with E-state index < -0.39 is 0 Å². The van der Waals surface area contributed by atoms with Crippen LogP contribution in [0.1, 0.15) is 44.4 Å². The van der Waals surface area contributed by atoms with Crippen molar-refractivity contribution in [2.45, 2.75) is 46.0 Å². The highest BCUT2D eigenvalue weighted by atomic mass is 32.1. The fraction of sp³-hybridized carbons (Fsp3) is 0.647. The Hall–Kier alpha value is -1.36. The number of unbranched alkanes of at least 4 members (excludes halogenated alkanes) is 3. The van der Waals surface area contributed by atoms with Gasteiger partial charge in [-0.2, -0.15) is 0 Å². The van der Waals surface area contributed by atoms with Crippen molar-refractivity contribution >= 4 is 23.2 Å². The summed E-state index contributed by atoms with van der Waals surface area (Å²) in [5.74, 6) is -0.458. The molecule has 0 aliphatic heterocycles. The van der Waals surface area contributed by atoms with Crippen LogP contribution in [0.4, 0.5) is 0 Å². The first-order valence-corrected chi connectivity index (χ1v) is 8.84. The fourth-order valence-corrected chi connectivity index (χ4v) is 3.02. The average Bonchev–Trinajstić information content (AvgIpc) is 3.02. The van der Waals surface area contributed by atoms with Crippen LogP contribution in [0.5, 0.6) is 0 Å². The number of methoxy groups -OCH3 is 1. The summed E-state index contributed by atoms with van der Waals surface area (Å²) in [4.78, 5) is 27.0. The van der Waals surface area contributed by atoms with Crippen molar-refractivity contribution in [3.8, 4) is 0 Å². The third kappa shape index (κ3) is 6.60. The molecule has 0 fully saturated rings. The highest BCUT2D eigenvalue weighted by molar-refractivity contribution is 7.10. The monoisotopic (exact) mass is 325 g/mol. The van der Waals surface area contributed by atoms with E-state index in [1.165, 1.54) is 20.0 Å². The first-order valence-electron chi connectivity index (χ1n) is 7.96. The maximum atomic E-state index is 12.5. The Morgan fingerprint density at radius 3 is 2.68 bits per heavy atom. The van der Waals surface area contributed by atoms with Crippen LogP contribution in [0.3, 0.4) is 0 Å². The summed E-state index contributed by atoms with van der Waals surface area (Å²) in [5, 5.41) is 1.98.